The topological polar surface area (TPSA) is 93.5 Å². The van der Waals surface area contributed by atoms with Crippen molar-refractivity contribution in [3.05, 3.63) is 75.3 Å². The van der Waals surface area contributed by atoms with Crippen LogP contribution in [0.4, 0.5) is 11.4 Å². The minimum absolute atomic E-state index is 0.0201. The number of non-ortho nitro benzene ring substituents is 1. The van der Waals surface area contributed by atoms with E-state index in [0.29, 0.717) is 11.4 Å². The molecule has 0 bridgehead atoms. The average Bonchev–Trinajstić information content (AvgIpc) is 2.67. The zero-order valence-corrected chi connectivity index (χ0v) is 16.7. The fourth-order valence-electron chi connectivity index (χ4n) is 2.49. The third-order valence-corrected chi connectivity index (χ3v) is 4.78. The number of carbonyl (C=O) groups excluding carboxylic acids is 1. The van der Waals surface area contributed by atoms with Crippen molar-refractivity contribution < 1.29 is 14.5 Å². The summed E-state index contributed by atoms with van der Waals surface area (Å²) in [6.07, 6.45) is 0. The third-order valence-electron chi connectivity index (χ3n) is 3.75. The second-order valence-electron chi connectivity index (χ2n) is 5.70. The number of rotatable bonds is 5. The van der Waals surface area contributed by atoms with Crippen LogP contribution in [0.3, 0.4) is 0 Å². The number of amides is 1. The van der Waals surface area contributed by atoms with Gasteiger partial charge in [-0.3, -0.25) is 20.2 Å². The maximum atomic E-state index is 12.1. The molecule has 9 heteroatoms. The molecule has 0 aliphatic rings. The number of nitrogens with one attached hydrogen (secondary N) is 2. The highest BCUT2D eigenvalue weighted by molar-refractivity contribution is 9.10. The number of nitrogens with zero attached hydrogens (tertiary/aromatic N) is 1. The molecule has 3 aromatic carbocycles. The lowest BCUT2D eigenvalue weighted by Crippen LogP contribution is -2.37. The lowest BCUT2D eigenvalue weighted by atomic mass is 10.1. The highest BCUT2D eigenvalue weighted by Crippen LogP contribution is 2.32. The standard InChI is InChI=1S/C19H14BrN3O4S/c20-18-15-7-2-1-4-12(15)8-9-16(18)27-11-17(24)22-19(28)21-13-5-3-6-14(10-13)23(25)26/h1-10H,11H2,(H2,21,22,24,28). The summed E-state index contributed by atoms with van der Waals surface area (Å²) in [5, 5.41) is 18.1. The maximum absolute atomic E-state index is 12.1. The Morgan fingerprint density at radius 3 is 2.71 bits per heavy atom. The van der Waals surface area contributed by atoms with E-state index in [-0.39, 0.29) is 17.4 Å². The van der Waals surface area contributed by atoms with Gasteiger partial charge in [0, 0.05) is 17.8 Å². The molecule has 0 aromatic heterocycles. The smallest absolute Gasteiger partial charge is 0.271 e. The lowest BCUT2D eigenvalue weighted by molar-refractivity contribution is -0.384. The molecule has 0 atom stereocenters. The van der Waals surface area contributed by atoms with Crippen LogP contribution in [0.1, 0.15) is 0 Å². The van der Waals surface area contributed by atoms with E-state index in [1.807, 2.05) is 30.3 Å². The number of anilines is 1. The fraction of sp³-hybridized carbons (Fsp3) is 0.0526. The largest absolute Gasteiger partial charge is 0.483 e. The molecule has 0 saturated heterocycles. The van der Waals surface area contributed by atoms with Crippen LogP contribution in [0.15, 0.2) is 65.1 Å². The molecule has 142 valence electrons. The molecule has 7 nitrogen and oxygen atoms in total. The number of halogens is 1. The number of nitro benzene ring substituents is 1. The molecule has 0 saturated carbocycles. The fourth-order valence-corrected chi connectivity index (χ4v) is 3.33. The van der Waals surface area contributed by atoms with Gasteiger partial charge in [0.05, 0.1) is 9.40 Å². The Bertz CT molecular complexity index is 1070. The van der Waals surface area contributed by atoms with Gasteiger partial charge in [-0.25, -0.2) is 0 Å². The van der Waals surface area contributed by atoms with Gasteiger partial charge < -0.3 is 10.1 Å². The molecule has 0 spiro atoms. The molecular weight excluding hydrogens is 446 g/mol. The van der Waals surface area contributed by atoms with Crippen LogP contribution in [0.2, 0.25) is 0 Å². The first-order valence-electron chi connectivity index (χ1n) is 8.09. The molecule has 0 heterocycles. The van der Waals surface area contributed by atoms with Crippen LogP contribution in [0.25, 0.3) is 10.8 Å². The minimum Gasteiger partial charge on any atom is -0.483 e. The normalized spacial score (nSPS) is 10.3. The predicted molar refractivity (Wildman–Crippen MR) is 115 cm³/mol. The van der Waals surface area contributed by atoms with Crippen molar-refractivity contribution in [3.63, 3.8) is 0 Å². The number of hydrogen-bond acceptors (Lipinski definition) is 5. The van der Waals surface area contributed by atoms with Crippen LogP contribution in [0, 0.1) is 10.1 Å². The van der Waals surface area contributed by atoms with E-state index >= 15 is 0 Å². The Kier molecular flexibility index (Phi) is 6.17. The van der Waals surface area contributed by atoms with Crippen molar-refractivity contribution in [3.8, 4) is 5.75 Å². The van der Waals surface area contributed by atoms with Crippen LogP contribution in [0.5, 0.6) is 5.75 Å². The summed E-state index contributed by atoms with van der Waals surface area (Å²) in [5.74, 6) is 0.0781. The maximum Gasteiger partial charge on any atom is 0.271 e. The van der Waals surface area contributed by atoms with E-state index in [0.717, 1.165) is 15.2 Å². The van der Waals surface area contributed by atoms with E-state index in [1.54, 1.807) is 12.1 Å². The number of fused-ring (bicyclic) bond motifs is 1. The van der Waals surface area contributed by atoms with E-state index in [9.17, 15) is 14.9 Å². The molecule has 3 rings (SSSR count). The van der Waals surface area contributed by atoms with Crippen molar-refractivity contribution in [1.29, 1.82) is 0 Å². The van der Waals surface area contributed by atoms with Crippen molar-refractivity contribution in [2.45, 2.75) is 0 Å². The number of hydrogen-bond donors (Lipinski definition) is 2. The van der Waals surface area contributed by atoms with Gasteiger partial charge in [-0.2, -0.15) is 0 Å². The molecule has 28 heavy (non-hydrogen) atoms. The molecule has 3 aromatic rings. The van der Waals surface area contributed by atoms with Gasteiger partial charge >= 0.3 is 0 Å². The summed E-state index contributed by atoms with van der Waals surface area (Å²) in [5.41, 5.74) is 0.321. The average molecular weight is 460 g/mol. The van der Waals surface area contributed by atoms with Gasteiger partial charge in [0.2, 0.25) is 0 Å². The summed E-state index contributed by atoms with van der Waals surface area (Å²) in [4.78, 5) is 22.4. The van der Waals surface area contributed by atoms with Crippen LogP contribution in [-0.2, 0) is 4.79 Å². The molecule has 0 aliphatic heterocycles. The van der Waals surface area contributed by atoms with Crippen molar-refractivity contribution in [2.75, 3.05) is 11.9 Å². The van der Waals surface area contributed by atoms with Crippen molar-refractivity contribution in [1.82, 2.24) is 5.32 Å². The summed E-state index contributed by atoms with van der Waals surface area (Å²) in [6.45, 7) is -0.242. The first-order valence-corrected chi connectivity index (χ1v) is 9.29. The van der Waals surface area contributed by atoms with Crippen molar-refractivity contribution in [2.24, 2.45) is 0 Å². The number of thiocarbonyl (C=S) groups is 1. The third kappa shape index (κ3) is 4.81. The molecule has 0 fully saturated rings. The van der Waals surface area contributed by atoms with E-state index < -0.39 is 10.8 Å². The molecule has 0 aliphatic carbocycles. The highest BCUT2D eigenvalue weighted by Gasteiger charge is 2.11. The number of benzene rings is 3. The second-order valence-corrected chi connectivity index (χ2v) is 6.90. The first-order chi connectivity index (χ1) is 13.4. The monoisotopic (exact) mass is 459 g/mol. The van der Waals surface area contributed by atoms with Gasteiger partial charge in [0.15, 0.2) is 11.7 Å². The Morgan fingerprint density at radius 2 is 1.93 bits per heavy atom. The Balaban J connectivity index is 1.57. The molecule has 0 radical (unpaired) electrons. The van der Waals surface area contributed by atoms with Gasteiger partial charge in [-0.05, 0) is 51.1 Å². The summed E-state index contributed by atoms with van der Waals surface area (Å²) in [6, 6.07) is 17.3. The van der Waals surface area contributed by atoms with Crippen LogP contribution < -0.4 is 15.4 Å². The summed E-state index contributed by atoms with van der Waals surface area (Å²) < 4.78 is 6.33. The van der Waals surface area contributed by atoms with E-state index in [1.165, 1.54) is 18.2 Å². The van der Waals surface area contributed by atoms with Gasteiger partial charge in [-0.15, -0.1) is 0 Å². The van der Waals surface area contributed by atoms with Gasteiger partial charge in [0.25, 0.3) is 11.6 Å². The van der Waals surface area contributed by atoms with Crippen LogP contribution >= 0.6 is 28.1 Å². The highest BCUT2D eigenvalue weighted by atomic mass is 79.9. The quantitative estimate of drug-likeness (QED) is 0.333. The van der Waals surface area contributed by atoms with Crippen molar-refractivity contribution >= 4 is 61.3 Å². The lowest BCUT2D eigenvalue weighted by Gasteiger charge is -2.12. The first kappa shape index (κ1) is 19.7. The van der Waals surface area contributed by atoms with Crippen LogP contribution in [-0.4, -0.2) is 22.5 Å². The Morgan fingerprint density at radius 1 is 1.14 bits per heavy atom. The second kappa shape index (κ2) is 8.77. The molecular formula is C19H14BrN3O4S. The summed E-state index contributed by atoms with van der Waals surface area (Å²) in [7, 11) is 0. The zero-order chi connectivity index (χ0) is 20.1. The summed E-state index contributed by atoms with van der Waals surface area (Å²) >= 11 is 8.56. The zero-order valence-electron chi connectivity index (χ0n) is 14.3. The Hall–Kier alpha value is -3.04. The number of nitro groups is 1. The Labute approximate surface area is 174 Å². The molecule has 2 N–H and O–H groups in total. The number of ether oxygens (including phenoxy) is 1. The predicted octanol–water partition coefficient (Wildman–Crippen LogP) is 4.40. The molecule has 1 amide bonds. The SMILES string of the molecule is O=C(COc1ccc2ccccc2c1Br)NC(=S)Nc1cccc([N+](=O)[O-])c1. The minimum atomic E-state index is -0.512. The van der Waals surface area contributed by atoms with E-state index in [4.69, 9.17) is 17.0 Å². The van der Waals surface area contributed by atoms with Gasteiger partial charge in [0.1, 0.15) is 5.75 Å². The van der Waals surface area contributed by atoms with E-state index in [2.05, 4.69) is 26.6 Å². The molecule has 0 unspecified atom stereocenters. The van der Waals surface area contributed by atoms with Gasteiger partial charge in [-0.1, -0.05) is 36.4 Å². The number of carbonyl (C=O) groups is 1.